The zero-order chi connectivity index (χ0) is 13.1. The molecule has 2 unspecified atom stereocenters. The van der Waals surface area contributed by atoms with Crippen molar-refractivity contribution in [2.24, 2.45) is 12.8 Å². The van der Waals surface area contributed by atoms with E-state index >= 15 is 0 Å². The Morgan fingerprint density at radius 2 is 2.44 bits per heavy atom. The van der Waals surface area contributed by atoms with E-state index in [0.717, 1.165) is 12.8 Å². The van der Waals surface area contributed by atoms with Crippen LogP contribution < -0.4 is 5.73 Å². The molecular weight excluding hydrogens is 232 g/mol. The molecule has 100 valence electrons. The van der Waals surface area contributed by atoms with E-state index in [1.54, 1.807) is 24.2 Å². The van der Waals surface area contributed by atoms with Crippen LogP contribution in [-0.4, -0.2) is 52.7 Å². The topological polar surface area (TPSA) is 73.4 Å². The Morgan fingerprint density at radius 1 is 1.67 bits per heavy atom. The van der Waals surface area contributed by atoms with Crippen molar-refractivity contribution >= 4 is 5.91 Å². The normalized spacial score (nSPS) is 24.3. The SMILES string of the molecule is COC1CCN(C(=O)c2cncn2C)C(CN)C1. The fourth-order valence-corrected chi connectivity index (χ4v) is 2.43. The van der Waals surface area contributed by atoms with Gasteiger partial charge in [0.2, 0.25) is 0 Å². The summed E-state index contributed by atoms with van der Waals surface area (Å²) in [6, 6.07) is 0.0473. The third-order valence-corrected chi connectivity index (χ3v) is 3.57. The van der Waals surface area contributed by atoms with Gasteiger partial charge in [-0.1, -0.05) is 0 Å². The average Bonchev–Trinajstić information content (AvgIpc) is 2.83. The number of rotatable bonds is 3. The van der Waals surface area contributed by atoms with Crippen LogP contribution in [0.15, 0.2) is 12.5 Å². The van der Waals surface area contributed by atoms with Crippen LogP contribution in [0.2, 0.25) is 0 Å². The van der Waals surface area contributed by atoms with E-state index in [4.69, 9.17) is 10.5 Å². The Kier molecular flexibility index (Phi) is 3.98. The number of imidazole rings is 1. The summed E-state index contributed by atoms with van der Waals surface area (Å²) in [5.41, 5.74) is 6.37. The van der Waals surface area contributed by atoms with Gasteiger partial charge in [0.15, 0.2) is 0 Å². The summed E-state index contributed by atoms with van der Waals surface area (Å²) in [6.07, 6.45) is 5.09. The molecule has 1 amide bonds. The first-order chi connectivity index (χ1) is 8.67. The summed E-state index contributed by atoms with van der Waals surface area (Å²) < 4.78 is 7.09. The minimum Gasteiger partial charge on any atom is -0.381 e. The van der Waals surface area contributed by atoms with Crippen LogP contribution in [0.4, 0.5) is 0 Å². The number of nitrogens with two attached hydrogens (primary N) is 1. The molecule has 0 bridgehead atoms. The summed E-state index contributed by atoms with van der Waals surface area (Å²) >= 11 is 0. The number of hydrogen-bond donors (Lipinski definition) is 1. The number of nitrogens with zero attached hydrogens (tertiary/aromatic N) is 3. The molecule has 1 fully saturated rings. The van der Waals surface area contributed by atoms with E-state index in [1.807, 2.05) is 11.9 Å². The van der Waals surface area contributed by atoms with Crippen LogP contribution in [0.1, 0.15) is 23.3 Å². The third kappa shape index (κ3) is 2.39. The Labute approximate surface area is 107 Å². The quantitative estimate of drug-likeness (QED) is 0.821. The molecule has 1 aromatic heterocycles. The van der Waals surface area contributed by atoms with Crippen molar-refractivity contribution in [2.75, 3.05) is 20.2 Å². The van der Waals surface area contributed by atoms with E-state index in [-0.39, 0.29) is 18.1 Å². The largest absolute Gasteiger partial charge is 0.381 e. The van der Waals surface area contributed by atoms with Crippen molar-refractivity contribution in [3.8, 4) is 0 Å². The number of likely N-dealkylation sites (tertiary alicyclic amines) is 1. The lowest BCUT2D eigenvalue weighted by atomic mass is 9.99. The summed E-state index contributed by atoms with van der Waals surface area (Å²) in [5.74, 6) is 0.00000283. The highest BCUT2D eigenvalue weighted by molar-refractivity contribution is 5.92. The van der Waals surface area contributed by atoms with E-state index in [1.165, 1.54) is 0 Å². The van der Waals surface area contributed by atoms with Crippen molar-refractivity contribution in [3.63, 3.8) is 0 Å². The van der Waals surface area contributed by atoms with Crippen LogP contribution in [0, 0.1) is 0 Å². The van der Waals surface area contributed by atoms with E-state index in [2.05, 4.69) is 4.98 Å². The predicted octanol–water partition coefficient (Wildman–Crippen LogP) is -0.00160. The van der Waals surface area contributed by atoms with Gasteiger partial charge in [-0.05, 0) is 12.8 Å². The fourth-order valence-electron chi connectivity index (χ4n) is 2.43. The molecule has 1 aliphatic heterocycles. The molecule has 1 aromatic rings. The van der Waals surface area contributed by atoms with Crippen molar-refractivity contribution in [2.45, 2.75) is 25.0 Å². The zero-order valence-electron chi connectivity index (χ0n) is 10.9. The minimum atomic E-state index is 0.00000283. The molecule has 0 aromatic carbocycles. The molecule has 2 atom stereocenters. The number of carbonyl (C=O) groups is 1. The van der Waals surface area contributed by atoms with Gasteiger partial charge in [0.05, 0.1) is 18.6 Å². The van der Waals surface area contributed by atoms with Crippen LogP contribution >= 0.6 is 0 Å². The maximum Gasteiger partial charge on any atom is 0.272 e. The standard InChI is InChI=1S/C12H20N4O2/c1-15-8-14-7-11(15)12(17)16-4-3-10(18-2)5-9(16)6-13/h7-10H,3-6,13H2,1-2H3. The van der Waals surface area contributed by atoms with Gasteiger partial charge >= 0.3 is 0 Å². The molecule has 0 radical (unpaired) electrons. The smallest absolute Gasteiger partial charge is 0.272 e. The maximum atomic E-state index is 12.4. The summed E-state index contributed by atoms with van der Waals surface area (Å²) in [6.45, 7) is 1.15. The van der Waals surface area contributed by atoms with Gasteiger partial charge in [-0.3, -0.25) is 4.79 Å². The zero-order valence-corrected chi connectivity index (χ0v) is 10.9. The van der Waals surface area contributed by atoms with E-state index in [0.29, 0.717) is 18.8 Å². The number of aryl methyl sites for hydroxylation is 1. The molecule has 2 N–H and O–H groups in total. The van der Waals surface area contributed by atoms with Crippen molar-refractivity contribution in [1.82, 2.24) is 14.5 Å². The van der Waals surface area contributed by atoms with Crippen molar-refractivity contribution in [3.05, 3.63) is 18.2 Å². The molecule has 1 saturated heterocycles. The lowest BCUT2D eigenvalue weighted by molar-refractivity contribution is 0.0134. The second-order valence-electron chi connectivity index (χ2n) is 4.66. The molecule has 0 aliphatic carbocycles. The Balaban J connectivity index is 2.13. The van der Waals surface area contributed by atoms with Gasteiger partial charge in [0, 0.05) is 33.3 Å². The lowest BCUT2D eigenvalue weighted by Crippen LogP contribution is -2.51. The number of piperidine rings is 1. The molecule has 6 nitrogen and oxygen atoms in total. The van der Waals surface area contributed by atoms with Crippen LogP contribution in [0.5, 0.6) is 0 Å². The Bertz CT molecular complexity index is 418. The van der Waals surface area contributed by atoms with E-state index < -0.39 is 0 Å². The minimum absolute atomic E-state index is 0.00000283. The summed E-state index contributed by atoms with van der Waals surface area (Å²) in [7, 11) is 3.52. The Morgan fingerprint density at radius 3 is 3.00 bits per heavy atom. The number of aromatic nitrogens is 2. The van der Waals surface area contributed by atoms with Gasteiger partial charge < -0.3 is 19.9 Å². The number of hydrogen-bond acceptors (Lipinski definition) is 4. The average molecular weight is 252 g/mol. The van der Waals surface area contributed by atoms with Gasteiger partial charge in [-0.2, -0.15) is 0 Å². The summed E-state index contributed by atoms with van der Waals surface area (Å²) in [4.78, 5) is 18.2. The van der Waals surface area contributed by atoms with Gasteiger partial charge in [0.25, 0.3) is 5.91 Å². The second kappa shape index (κ2) is 5.49. The molecule has 6 heteroatoms. The highest BCUT2D eigenvalue weighted by Crippen LogP contribution is 2.21. The van der Waals surface area contributed by atoms with Crippen molar-refractivity contribution < 1.29 is 9.53 Å². The first-order valence-corrected chi connectivity index (χ1v) is 6.17. The number of amides is 1. The highest BCUT2D eigenvalue weighted by atomic mass is 16.5. The molecule has 1 aliphatic rings. The molecular formula is C12H20N4O2. The van der Waals surface area contributed by atoms with Crippen molar-refractivity contribution in [1.29, 1.82) is 0 Å². The fraction of sp³-hybridized carbons (Fsp3) is 0.667. The monoisotopic (exact) mass is 252 g/mol. The predicted molar refractivity (Wildman–Crippen MR) is 67.1 cm³/mol. The molecule has 2 heterocycles. The maximum absolute atomic E-state index is 12.4. The van der Waals surface area contributed by atoms with Gasteiger partial charge in [-0.25, -0.2) is 4.98 Å². The number of carbonyl (C=O) groups excluding carboxylic acids is 1. The van der Waals surface area contributed by atoms with Crippen LogP contribution in [0.3, 0.4) is 0 Å². The number of ether oxygens (including phenoxy) is 1. The molecule has 2 rings (SSSR count). The Hall–Kier alpha value is -1.40. The first-order valence-electron chi connectivity index (χ1n) is 6.17. The number of methoxy groups -OCH3 is 1. The molecule has 0 spiro atoms. The molecule has 18 heavy (non-hydrogen) atoms. The second-order valence-corrected chi connectivity index (χ2v) is 4.66. The van der Waals surface area contributed by atoms with Gasteiger partial charge in [-0.15, -0.1) is 0 Å². The van der Waals surface area contributed by atoms with Gasteiger partial charge in [0.1, 0.15) is 5.69 Å². The highest BCUT2D eigenvalue weighted by Gasteiger charge is 2.32. The summed E-state index contributed by atoms with van der Waals surface area (Å²) in [5, 5.41) is 0. The first kappa shape index (κ1) is 13.0. The van der Waals surface area contributed by atoms with E-state index in [9.17, 15) is 4.79 Å². The lowest BCUT2D eigenvalue weighted by Gasteiger charge is -2.38. The van der Waals surface area contributed by atoms with Crippen LogP contribution in [-0.2, 0) is 11.8 Å². The molecule has 0 saturated carbocycles. The van der Waals surface area contributed by atoms with Crippen LogP contribution in [0.25, 0.3) is 0 Å². The third-order valence-electron chi connectivity index (χ3n) is 3.57.